The maximum absolute atomic E-state index is 12.1. The average Bonchev–Trinajstić information content (AvgIpc) is 2.90. The molecule has 0 unspecified atom stereocenters. The van der Waals surface area contributed by atoms with E-state index >= 15 is 0 Å². The molecule has 0 fully saturated rings. The van der Waals surface area contributed by atoms with Crippen molar-refractivity contribution in [3.8, 4) is 0 Å². The first-order valence-electron chi connectivity index (χ1n) is 6.40. The van der Waals surface area contributed by atoms with Gasteiger partial charge in [-0.05, 0) is 25.1 Å². The average molecular weight is 360 g/mol. The second-order valence-electron chi connectivity index (χ2n) is 4.74. The molecule has 1 aromatic carbocycles. The first kappa shape index (κ1) is 17.4. The summed E-state index contributed by atoms with van der Waals surface area (Å²) in [5, 5.41) is 3.64. The number of sulfonamides is 1. The molecule has 2 rings (SSSR count). The van der Waals surface area contributed by atoms with E-state index in [1.807, 2.05) is 0 Å². The van der Waals surface area contributed by atoms with E-state index < -0.39 is 16.0 Å². The Kier molecular flexibility index (Phi) is 5.03. The number of aryl methyl sites for hydroxylation is 1. The minimum Gasteiger partial charge on any atom is -0.452 e. The van der Waals surface area contributed by atoms with Crippen molar-refractivity contribution < 1.29 is 22.5 Å². The Morgan fingerprint density at radius 1 is 1.39 bits per heavy atom. The number of halogens is 1. The lowest BCUT2D eigenvalue weighted by Crippen LogP contribution is -2.22. The van der Waals surface area contributed by atoms with E-state index in [2.05, 4.69) is 10.1 Å². The van der Waals surface area contributed by atoms with Crippen LogP contribution in [0.15, 0.2) is 27.6 Å². The Balaban J connectivity index is 2.23. The SMILES string of the molecule is Cc1noc(COC(=O)c2cc(S(=O)(=O)N(C)C)ccc2Cl)n1. The third-order valence-electron chi connectivity index (χ3n) is 2.83. The van der Waals surface area contributed by atoms with Crippen molar-refractivity contribution in [1.29, 1.82) is 0 Å². The molecule has 0 radical (unpaired) electrons. The summed E-state index contributed by atoms with van der Waals surface area (Å²) in [6, 6.07) is 3.81. The lowest BCUT2D eigenvalue weighted by Gasteiger charge is -2.12. The predicted molar refractivity (Wildman–Crippen MR) is 80.5 cm³/mol. The van der Waals surface area contributed by atoms with E-state index in [9.17, 15) is 13.2 Å². The van der Waals surface area contributed by atoms with Crippen LogP contribution in [0.5, 0.6) is 0 Å². The molecule has 1 aromatic heterocycles. The lowest BCUT2D eigenvalue weighted by atomic mass is 10.2. The van der Waals surface area contributed by atoms with Gasteiger partial charge >= 0.3 is 5.97 Å². The van der Waals surface area contributed by atoms with E-state index in [4.69, 9.17) is 20.9 Å². The van der Waals surface area contributed by atoms with Crippen LogP contribution in [-0.2, 0) is 21.4 Å². The van der Waals surface area contributed by atoms with Crippen LogP contribution >= 0.6 is 11.6 Å². The largest absolute Gasteiger partial charge is 0.452 e. The molecular formula is C13H14ClN3O5S. The Morgan fingerprint density at radius 3 is 2.65 bits per heavy atom. The Bertz CT molecular complexity index is 832. The summed E-state index contributed by atoms with van der Waals surface area (Å²) in [6.45, 7) is 1.39. The topological polar surface area (TPSA) is 103 Å². The summed E-state index contributed by atoms with van der Waals surface area (Å²) >= 11 is 5.95. The van der Waals surface area contributed by atoms with Crippen LogP contribution in [0.2, 0.25) is 5.02 Å². The van der Waals surface area contributed by atoms with Gasteiger partial charge in [0.25, 0.3) is 5.89 Å². The van der Waals surface area contributed by atoms with Crippen molar-refractivity contribution in [1.82, 2.24) is 14.4 Å². The maximum Gasteiger partial charge on any atom is 0.340 e. The van der Waals surface area contributed by atoms with E-state index in [-0.39, 0.29) is 28.0 Å². The first-order chi connectivity index (χ1) is 10.7. The normalized spacial score (nSPS) is 11.7. The van der Waals surface area contributed by atoms with E-state index in [1.165, 1.54) is 32.3 Å². The number of hydrogen-bond acceptors (Lipinski definition) is 7. The van der Waals surface area contributed by atoms with E-state index in [1.54, 1.807) is 6.92 Å². The molecule has 0 aliphatic carbocycles. The van der Waals surface area contributed by atoms with Crippen LogP contribution in [0.1, 0.15) is 22.1 Å². The third-order valence-corrected chi connectivity index (χ3v) is 4.97. The fraction of sp³-hybridized carbons (Fsp3) is 0.308. The van der Waals surface area contributed by atoms with Crippen molar-refractivity contribution in [2.75, 3.05) is 14.1 Å². The fourth-order valence-corrected chi connectivity index (χ4v) is 2.76. The smallest absolute Gasteiger partial charge is 0.340 e. The highest BCUT2D eigenvalue weighted by molar-refractivity contribution is 7.89. The van der Waals surface area contributed by atoms with Gasteiger partial charge in [-0.15, -0.1) is 0 Å². The van der Waals surface area contributed by atoms with Crippen LogP contribution in [0.25, 0.3) is 0 Å². The van der Waals surface area contributed by atoms with Gasteiger partial charge in [0, 0.05) is 14.1 Å². The van der Waals surface area contributed by atoms with Gasteiger partial charge in [-0.25, -0.2) is 17.5 Å². The molecule has 23 heavy (non-hydrogen) atoms. The van der Waals surface area contributed by atoms with Gasteiger partial charge in [0.2, 0.25) is 10.0 Å². The monoisotopic (exact) mass is 359 g/mol. The first-order valence-corrected chi connectivity index (χ1v) is 8.22. The summed E-state index contributed by atoms with van der Waals surface area (Å²) in [5.74, 6) is -0.251. The second kappa shape index (κ2) is 6.65. The molecule has 10 heteroatoms. The summed E-state index contributed by atoms with van der Waals surface area (Å²) in [7, 11) is -0.910. The number of esters is 1. The molecule has 0 aliphatic heterocycles. The van der Waals surface area contributed by atoms with Crippen LogP contribution in [0.3, 0.4) is 0 Å². The Labute approximate surface area is 138 Å². The highest BCUT2D eigenvalue weighted by atomic mass is 35.5. The Hall–Kier alpha value is -1.97. The zero-order valence-electron chi connectivity index (χ0n) is 12.6. The fourth-order valence-electron chi connectivity index (χ4n) is 1.64. The number of benzene rings is 1. The van der Waals surface area contributed by atoms with Crippen LogP contribution in [-0.4, -0.2) is 42.9 Å². The lowest BCUT2D eigenvalue weighted by molar-refractivity contribution is 0.0429. The second-order valence-corrected chi connectivity index (χ2v) is 7.30. The molecular weight excluding hydrogens is 346 g/mol. The highest BCUT2D eigenvalue weighted by Gasteiger charge is 2.21. The van der Waals surface area contributed by atoms with E-state index in [0.717, 1.165) is 4.31 Å². The molecule has 0 saturated heterocycles. The molecule has 0 spiro atoms. The number of carbonyl (C=O) groups is 1. The number of nitrogens with zero attached hydrogens (tertiary/aromatic N) is 3. The number of carbonyl (C=O) groups excluding carboxylic acids is 1. The van der Waals surface area contributed by atoms with Crippen molar-refractivity contribution in [2.24, 2.45) is 0 Å². The molecule has 0 saturated carbocycles. The number of rotatable bonds is 5. The molecule has 0 N–H and O–H groups in total. The van der Waals surface area contributed by atoms with Gasteiger partial charge in [0.05, 0.1) is 15.5 Å². The standard InChI is InChI=1S/C13H14ClN3O5S/c1-8-15-12(22-16-8)7-21-13(18)10-6-9(4-5-11(10)14)23(19,20)17(2)3/h4-6H,7H2,1-3H3. The van der Waals surface area contributed by atoms with Gasteiger partial charge < -0.3 is 9.26 Å². The third kappa shape index (κ3) is 3.87. The van der Waals surface area contributed by atoms with Crippen LogP contribution in [0.4, 0.5) is 0 Å². The number of hydrogen-bond donors (Lipinski definition) is 0. The summed E-state index contributed by atoms with van der Waals surface area (Å²) in [5.41, 5.74) is -0.0640. The van der Waals surface area contributed by atoms with Crippen molar-refractivity contribution in [3.05, 3.63) is 40.5 Å². The van der Waals surface area contributed by atoms with Crippen molar-refractivity contribution >= 4 is 27.6 Å². The van der Waals surface area contributed by atoms with Crippen LogP contribution < -0.4 is 0 Å². The molecule has 0 bridgehead atoms. The van der Waals surface area contributed by atoms with Gasteiger partial charge in [-0.2, -0.15) is 4.98 Å². The molecule has 2 aromatic rings. The molecule has 8 nitrogen and oxygen atoms in total. The number of ether oxygens (including phenoxy) is 1. The number of aromatic nitrogens is 2. The predicted octanol–water partition coefficient (Wildman–Crippen LogP) is 1.64. The quantitative estimate of drug-likeness (QED) is 0.747. The van der Waals surface area contributed by atoms with Gasteiger partial charge in [0.1, 0.15) is 0 Å². The zero-order valence-corrected chi connectivity index (χ0v) is 14.2. The molecule has 0 amide bonds. The zero-order chi connectivity index (χ0) is 17.2. The molecule has 1 heterocycles. The minimum atomic E-state index is -3.69. The van der Waals surface area contributed by atoms with Gasteiger partial charge in [-0.3, -0.25) is 0 Å². The highest BCUT2D eigenvalue weighted by Crippen LogP contribution is 2.23. The van der Waals surface area contributed by atoms with E-state index in [0.29, 0.717) is 5.82 Å². The maximum atomic E-state index is 12.1. The molecule has 124 valence electrons. The summed E-state index contributed by atoms with van der Waals surface area (Å²) in [4.78, 5) is 15.9. The van der Waals surface area contributed by atoms with Gasteiger partial charge in [-0.1, -0.05) is 16.8 Å². The molecule has 0 aliphatic rings. The van der Waals surface area contributed by atoms with Crippen LogP contribution in [0, 0.1) is 6.92 Å². The molecule has 0 atom stereocenters. The summed E-state index contributed by atoms with van der Waals surface area (Å²) in [6.07, 6.45) is 0. The summed E-state index contributed by atoms with van der Waals surface area (Å²) < 4.78 is 35.1. The minimum absolute atomic E-state index is 0.0625. The Morgan fingerprint density at radius 2 is 2.09 bits per heavy atom. The van der Waals surface area contributed by atoms with Crippen molar-refractivity contribution in [2.45, 2.75) is 18.4 Å². The van der Waals surface area contributed by atoms with Gasteiger partial charge in [0.15, 0.2) is 12.4 Å². The van der Waals surface area contributed by atoms with Crippen molar-refractivity contribution in [3.63, 3.8) is 0 Å².